The minimum absolute atomic E-state index is 1.11. The molecule has 0 N–H and O–H groups in total. The summed E-state index contributed by atoms with van der Waals surface area (Å²) in [5, 5.41) is 0. The van der Waals surface area contributed by atoms with Crippen molar-refractivity contribution in [1.29, 1.82) is 0 Å². The van der Waals surface area contributed by atoms with E-state index in [1.165, 1.54) is 35.5 Å². The van der Waals surface area contributed by atoms with Crippen LogP contribution in [-0.4, -0.2) is 0 Å². The van der Waals surface area contributed by atoms with Crippen LogP contribution < -0.4 is 4.90 Å². The van der Waals surface area contributed by atoms with Gasteiger partial charge in [-0.3, -0.25) is 0 Å². The normalized spacial score (nSPS) is 10.4. The van der Waals surface area contributed by atoms with Gasteiger partial charge in [0, 0.05) is 17.1 Å². The van der Waals surface area contributed by atoms with Gasteiger partial charge in [0.2, 0.25) is 0 Å². The number of hydrogen-bond donors (Lipinski definition) is 0. The number of hydrogen-bond acceptors (Lipinski definition) is 1. The lowest BCUT2D eigenvalue weighted by Crippen LogP contribution is -2.09. The maximum atomic E-state index is 3.79. The number of rotatable bonds is 8. The van der Waals surface area contributed by atoms with Crippen molar-refractivity contribution in [1.82, 2.24) is 0 Å². The third-order valence-electron chi connectivity index (χ3n) is 4.35. The Morgan fingerprint density at radius 3 is 1.68 bits per heavy atom. The highest BCUT2D eigenvalue weighted by atomic mass is 15.1. The first-order valence-corrected chi connectivity index (χ1v) is 8.98. The van der Waals surface area contributed by atoms with Crippen LogP contribution in [0.3, 0.4) is 0 Å². The molecule has 0 aliphatic rings. The minimum Gasteiger partial charge on any atom is -0.311 e. The van der Waals surface area contributed by atoms with Crippen LogP contribution in [0.2, 0.25) is 0 Å². The molecule has 3 rings (SSSR count). The van der Waals surface area contributed by atoms with Gasteiger partial charge in [0.1, 0.15) is 0 Å². The molecule has 0 amide bonds. The molecule has 0 aromatic heterocycles. The van der Waals surface area contributed by atoms with Gasteiger partial charge in [-0.05, 0) is 67.6 Å². The van der Waals surface area contributed by atoms with Crippen LogP contribution in [0.1, 0.15) is 24.8 Å². The summed E-state index contributed by atoms with van der Waals surface area (Å²) >= 11 is 0. The monoisotopic (exact) mass is 327 g/mol. The molecule has 3 aromatic rings. The molecule has 0 bridgehead atoms. The van der Waals surface area contributed by atoms with Crippen LogP contribution in [0.5, 0.6) is 0 Å². The second-order valence-electron chi connectivity index (χ2n) is 6.21. The summed E-state index contributed by atoms with van der Waals surface area (Å²) in [6, 6.07) is 30.0. The maximum Gasteiger partial charge on any atom is 0.0461 e. The summed E-state index contributed by atoms with van der Waals surface area (Å²) in [6.07, 6.45) is 6.66. The molecule has 0 spiro atoms. The Morgan fingerprint density at radius 2 is 1.16 bits per heavy atom. The summed E-state index contributed by atoms with van der Waals surface area (Å²) in [5.41, 5.74) is 4.93. The van der Waals surface area contributed by atoms with E-state index in [0.717, 1.165) is 12.8 Å². The van der Waals surface area contributed by atoms with Crippen molar-refractivity contribution >= 4 is 17.1 Å². The molecule has 0 heterocycles. The van der Waals surface area contributed by atoms with E-state index in [9.17, 15) is 0 Å². The molecular weight excluding hydrogens is 302 g/mol. The molecule has 1 heteroatoms. The van der Waals surface area contributed by atoms with E-state index in [1.807, 2.05) is 6.08 Å². The van der Waals surface area contributed by atoms with Gasteiger partial charge >= 0.3 is 0 Å². The number of unbranched alkanes of at least 4 members (excludes halogenated alkanes) is 2. The predicted molar refractivity (Wildman–Crippen MR) is 109 cm³/mol. The van der Waals surface area contributed by atoms with Crippen molar-refractivity contribution < 1.29 is 0 Å². The van der Waals surface area contributed by atoms with E-state index >= 15 is 0 Å². The lowest BCUT2D eigenvalue weighted by atomic mass is 10.1. The second-order valence-corrected chi connectivity index (χ2v) is 6.21. The van der Waals surface area contributed by atoms with Gasteiger partial charge < -0.3 is 4.90 Å². The maximum absolute atomic E-state index is 3.79. The third-order valence-corrected chi connectivity index (χ3v) is 4.35. The van der Waals surface area contributed by atoms with E-state index in [-0.39, 0.29) is 0 Å². The summed E-state index contributed by atoms with van der Waals surface area (Å²) < 4.78 is 0. The molecule has 0 unspecified atom stereocenters. The first kappa shape index (κ1) is 17.0. The topological polar surface area (TPSA) is 3.24 Å². The molecule has 25 heavy (non-hydrogen) atoms. The lowest BCUT2D eigenvalue weighted by molar-refractivity contribution is 0.748. The van der Waals surface area contributed by atoms with E-state index < -0.39 is 0 Å². The lowest BCUT2D eigenvalue weighted by Gasteiger charge is -2.25. The average Bonchev–Trinajstić information content (AvgIpc) is 2.68. The molecule has 126 valence electrons. The number of allylic oxidation sites excluding steroid dienone is 1. The summed E-state index contributed by atoms with van der Waals surface area (Å²) in [6.45, 7) is 3.79. The first-order chi connectivity index (χ1) is 12.4. The largest absolute Gasteiger partial charge is 0.311 e. The van der Waals surface area contributed by atoms with E-state index in [0.29, 0.717) is 0 Å². The molecule has 0 saturated carbocycles. The minimum atomic E-state index is 1.11. The molecule has 3 aromatic carbocycles. The highest BCUT2D eigenvalue weighted by Crippen LogP contribution is 2.34. The highest BCUT2D eigenvalue weighted by Gasteiger charge is 2.11. The summed E-state index contributed by atoms with van der Waals surface area (Å²) in [7, 11) is 0. The van der Waals surface area contributed by atoms with Crippen molar-refractivity contribution in [3.63, 3.8) is 0 Å². The number of benzene rings is 3. The Balaban J connectivity index is 1.83. The second kappa shape index (κ2) is 8.89. The number of aryl methyl sites for hydroxylation is 1. The van der Waals surface area contributed by atoms with Crippen LogP contribution in [0.15, 0.2) is 97.6 Å². The fourth-order valence-electron chi connectivity index (χ4n) is 3.03. The first-order valence-electron chi connectivity index (χ1n) is 8.98. The fraction of sp³-hybridized carbons (Fsp3) is 0.167. The van der Waals surface area contributed by atoms with E-state index in [4.69, 9.17) is 0 Å². The predicted octanol–water partition coefficient (Wildman–Crippen LogP) is 7.06. The Hall–Kier alpha value is -2.80. The van der Waals surface area contributed by atoms with Crippen LogP contribution in [0, 0.1) is 0 Å². The van der Waals surface area contributed by atoms with Gasteiger partial charge in [0.25, 0.3) is 0 Å². The van der Waals surface area contributed by atoms with Gasteiger partial charge in [-0.1, -0.05) is 54.6 Å². The molecule has 0 atom stereocenters. The highest BCUT2D eigenvalue weighted by molar-refractivity contribution is 5.76. The SMILES string of the molecule is C=CCCCCc1ccc(N(c2ccccc2)c2ccccc2)cc1. The molecule has 0 radical (unpaired) electrons. The summed E-state index contributed by atoms with van der Waals surface area (Å²) in [4.78, 5) is 2.29. The van der Waals surface area contributed by atoms with Gasteiger partial charge in [-0.2, -0.15) is 0 Å². The van der Waals surface area contributed by atoms with E-state index in [2.05, 4.69) is 96.4 Å². The zero-order valence-corrected chi connectivity index (χ0v) is 14.6. The standard InChI is InChI=1S/C24H25N/c1-2-3-4-7-12-21-17-19-24(20-18-21)25(22-13-8-5-9-14-22)23-15-10-6-11-16-23/h2,5-6,8-11,13-20H,1,3-4,7,12H2. The van der Waals surface area contributed by atoms with Crippen LogP contribution in [0.4, 0.5) is 17.1 Å². The number of para-hydroxylation sites is 2. The van der Waals surface area contributed by atoms with Crippen LogP contribution >= 0.6 is 0 Å². The van der Waals surface area contributed by atoms with Gasteiger partial charge in [-0.15, -0.1) is 6.58 Å². The number of nitrogens with zero attached hydrogens (tertiary/aromatic N) is 1. The van der Waals surface area contributed by atoms with Crippen molar-refractivity contribution in [3.8, 4) is 0 Å². The molecule has 1 nitrogen and oxygen atoms in total. The van der Waals surface area contributed by atoms with Crippen molar-refractivity contribution in [2.45, 2.75) is 25.7 Å². The van der Waals surface area contributed by atoms with Gasteiger partial charge in [0.05, 0.1) is 0 Å². The molecule has 0 aliphatic carbocycles. The molecule has 0 saturated heterocycles. The molecule has 0 fully saturated rings. The Bertz CT molecular complexity index is 721. The Kier molecular flexibility index (Phi) is 6.06. The quantitative estimate of drug-likeness (QED) is 0.316. The molecular formula is C24H25N. The smallest absolute Gasteiger partial charge is 0.0461 e. The van der Waals surface area contributed by atoms with Crippen molar-refractivity contribution in [2.75, 3.05) is 4.90 Å². The average molecular weight is 327 g/mol. The third kappa shape index (κ3) is 4.60. The van der Waals surface area contributed by atoms with E-state index in [1.54, 1.807) is 0 Å². The van der Waals surface area contributed by atoms with Crippen molar-refractivity contribution in [2.24, 2.45) is 0 Å². The number of anilines is 3. The van der Waals surface area contributed by atoms with Crippen LogP contribution in [-0.2, 0) is 6.42 Å². The zero-order chi connectivity index (χ0) is 17.3. The Labute approximate surface area is 151 Å². The Morgan fingerprint density at radius 1 is 0.640 bits per heavy atom. The molecule has 0 aliphatic heterocycles. The van der Waals surface area contributed by atoms with Gasteiger partial charge in [0.15, 0.2) is 0 Å². The summed E-state index contributed by atoms with van der Waals surface area (Å²) in [5.74, 6) is 0. The van der Waals surface area contributed by atoms with Crippen molar-refractivity contribution in [3.05, 3.63) is 103 Å². The fourth-order valence-corrected chi connectivity index (χ4v) is 3.03. The van der Waals surface area contributed by atoms with Crippen LogP contribution in [0.25, 0.3) is 0 Å². The van der Waals surface area contributed by atoms with Gasteiger partial charge in [-0.25, -0.2) is 0 Å². The zero-order valence-electron chi connectivity index (χ0n) is 14.6.